The van der Waals surface area contributed by atoms with E-state index in [0.29, 0.717) is 11.7 Å². The lowest BCUT2D eigenvalue weighted by molar-refractivity contribution is -0.139. The van der Waals surface area contributed by atoms with Gasteiger partial charge in [-0.25, -0.2) is 4.79 Å². The molecule has 4 heteroatoms. The fourth-order valence-corrected chi connectivity index (χ4v) is 3.53. The fourth-order valence-electron chi connectivity index (χ4n) is 3.53. The van der Waals surface area contributed by atoms with Crippen LogP contribution in [0.3, 0.4) is 0 Å². The van der Waals surface area contributed by atoms with Crippen LogP contribution >= 0.6 is 0 Å². The maximum absolute atomic E-state index is 10.8. The van der Waals surface area contributed by atoms with Crippen LogP contribution in [0.4, 0.5) is 0 Å². The van der Waals surface area contributed by atoms with Gasteiger partial charge in [0.25, 0.3) is 0 Å². The first kappa shape index (κ1) is 17.5. The summed E-state index contributed by atoms with van der Waals surface area (Å²) in [5.74, 6) is 0.355. The fraction of sp³-hybridized carbons (Fsp3) is 0.381. The number of benzene rings is 2. The van der Waals surface area contributed by atoms with E-state index in [1.54, 1.807) is 0 Å². The van der Waals surface area contributed by atoms with E-state index in [-0.39, 0.29) is 6.61 Å². The zero-order chi connectivity index (χ0) is 17.5. The summed E-state index contributed by atoms with van der Waals surface area (Å²) >= 11 is 0. The van der Waals surface area contributed by atoms with Crippen molar-refractivity contribution in [1.82, 2.24) is 4.90 Å². The Morgan fingerprint density at radius 3 is 2.60 bits per heavy atom. The first-order chi connectivity index (χ1) is 12.2. The Labute approximate surface area is 149 Å². The molecule has 0 aliphatic carbocycles. The Kier molecular flexibility index (Phi) is 6.07. The Morgan fingerprint density at radius 1 is 1.04 bits per heavy atom. The molecule has 0 bridgehead atoms. The minimum absolute atomic E-state index is 0.299. The summed E-state index contributed by atoms with van der Waals surface area (Å²) in [5, 5.41) is 8.83. The van der Waals surface area contributed by atoms with Crippen LogP contribution in [-0.2, 0) is 11.3 Å². The quantitative estimate of drug-likeness (QED) is 0.867. The van der Waals surface area contributed by atoms with Gasteiger partial charge in [0.1, 0.15) is 5.75 Å². The molecule has 1 aliphatic heterocycles. The molecule has 1 saturated heterocycles. The zero-order valence-electron chi connectivity index (χ0n) is 14.4. The molecule has 0 unspecified atom stereocenters. The molecule has 1 atom stereocenters. The first-order valence-corrected chi connectivity index (χ1v) is 8.92. The summed E-state index contributed by atoms with van der Waals surface area (Å²) in [5.41, 5.74) is 2.50. The number of para-hydroxylation sites is 1. The molecular formula is C21H25NO3. The van der Waals surface area contributed by atoms with E-state index in [0.717, 1.165) is 31.6 Å². The first-order valence-electron chi connectivity index (χ1n) is 8.92. The molecule has 1 heterocycles. The van der Waals surface area contributed by atoms with Crippen molar-refractivity contribution < 1.29 is 14.6 Å². The SMILES string of the molecule is O=C(O)COc1ccccc1CN1CCC[C@@H](c2ccccc2)CC1. The van der Waals surface area contributed by atoms with Gasteiger partial charge in [-0.2, -0.15) is 0 Å². The Hall–Kier alpha value is -2.33. The normalized spacial score (nSPS) is 18.5. The highest BCUT2D eigenvalue weighted by molar-refractivity contribution is 5.68. The highest BCUT2D eigenvalue weighted by Crippen LogP contribution is 2.29. The van der Waals surface area contributed by atoms with Crippen molar-refractivity contribution in [3.63, 3.8) is 0 Å². The molecule has 1 N–H and O–H groups in total. The minimum Gasteiger partial charge on any atom is -0.482 e. The second-order valence-corrected chi connectivity index (χ2v) is 6.60. The number of ether oxygens (including phenoxy) is 1. The van der Waals surface area contributed by atoms with Crippen molar-refractivity contribution in [3.05, 3.63) is 65.7 Å². The van der Waals surface area contributed by atoms with E-state index in [1.807, 2.05) is 24.3 Å². The standard InChI is InChI=1S/C21H25NO3/c23-21(24)16-25-20-11-5-4-9-19(20)15-22-13-6-10-18(12-14-22)17-7-2-1-3-8-17/h1-5,7-9,11,18H,6,10,12-16H2,(H,23,24)/t18-/m1/s1. The maximum Gasteiger partial charge on any atom is 0.341 e. The molecule has 0 spiro atoms. The summed E-state index contributed by atoms with van der Waals surface area (Å²) in [6.45, 7) is 2.62. The molecule has 0 radical (unpaired) electrons. The second kappa shape index (κ2) is 8.67. The van der Waals surface area contributed by atoms with Gasteiger partial charge in [-0.15, -0.1) is 0 Å². The molecule has 0 amide bonds. The van der Waals surface area contributed by atoms with Gasteiger partial charge in [0.2, 0.25) is 0 Å². The van der Waals surface area contributed by atoms with E-state index < -0.39 is 5.97 Å². The highest BCUT2D eigenvalue weighted by atomic mass is 16.5. The third-order valence-corrected chi connectivity index (χ3v) is 4.81. The molecule has 3 rings (SSSR count). The molecule has 132 valence electrons. The number of likely N-dealkylation sites (tertiary alicyclic amines) is 1. The van der Waals surface area contributed by atoms with Crippen molar-refractivity contribution in [3.8, 4) is 5.75 Å². The number of carboxylic acid groups (broad SMARTS) is 1. The van der Waals surface area contributed by atoms with E-state index in [1.165, 1.54) is 18.4 Å². The second-order valence-electron chi connectivity index (χ2n) is 6.60. The summed E-state index contributed by atoms with van der Waals surface area (Å²) in [6.07, 6.45) is 3.55. The lowest BCUT2D eigenvalue weighted by Crippen LogP contribution is -2.24. The summed E-state index contributed by atoms with van der Waals surface area (Å²) in [6, 6.07) is 18.5. The van der Waals surface area contributed by atoms with E-state index in [9.17, 15) is 4.79 Å². The van der Waals surface area contributed by atoms with Crippen LogP contribution < -0.4 is 4.74 Å². The monoisotopic (exact) mass is 339 g/mol. The van der Waals surface area contributed by atoms with E-state index >= 15 is 0 Å². The van der Waals surface area contributed by atoms with Crippen LogP contribution in [0, 0.1) is 0 Å². The Bertz CT molecular complexity index is 687. The van der Waals surface area contributed by atoms with Crippen LogP contribution in [0.15, 0.2) is 54.6 Å². The van der Waals surface area contributed by atoms with Crippen LogP contribution in [0.5, 0.6) is 5.75 Å². The number of rotatable bonds is 6. The molecular weight excluding hydrogens is 314 g/mol. The van der Waals surface area contributed by atoms with Gasteiger partial charge in [0.05, 0.1) is 0 Å². The summed E-state index contributed by atoms with van der Waals surface area (Å²) in [4.78, 5) is 13.2. The van der Waals surface area contributed by atoms with Gasteiger partial charge in [-0.1, -0.05) is 48.5 Å². The molecule has 0 saturated carbocycles. The van der Waals surface area contributed by atoms with Crippen LogP contribution in [-0.4, -0.2) is 35.7 Å². The number of aliphatic carboxylic acids is 1. The van der Waals surface area contributed by atoms with Crippen molar-refractivity contribution >= 4 is 5.97 Å². The van der Waals surface area contributed by atoms with E-state index in [4.69, 9.17) is 9.84 Å². The molecule has 4 nitrogen and oxygen atoms in total. The van der Waals surface area contributed by atoms with Crippen molar-refractivity contribution in [2.75, 3.05) is 19.7 Å². The zero-order valence-corrected chi connectivity index (χ0v) is 14.4. The van der Waals surface area contributed by atoms with Crippen LogP contribution in [0.1, 0.15) is 36.3 Å². The average molecular weight is 339 g/mol. The van der Waals surface area contributed by atoms with Gasteiger partial charge < -0.3 is 9.84 Å². The molecule has 2 aromatic rings. The number of carbonyl (C=O) groups is 1. The van der Waals surface area contributed by atoms with Gasteiger partial charge >= 0.3 is 5.97 Å². The maximum atomic E-state index is 10.8. The third kappa shape index (κ3) is 5.07. The lowest BCUT2D eigenvalue weighted by Gasteiger charge is -2.21. The number of carboxylic acids is 1. The molecule has 25 heavy (non-hydrogen) atoms. The number of hydrogen-bond acceptors (Lipinski definition) is 3. The minimum atomic E-state index is -0.949. The summed E-state index contributed by atoms with van der Waals surface area (Å²) in [7, 11) is 0. The van der Waals surface area contributed by atoms with Crippen molar-refractivity contribution in [1.29, 1.82) is 0 Å². The molecule has 1 aliphatic rings. The van der Waals surface area contributed by atoms with E-state index in [2.05, 4.69) is 35.2 Å². The van der Waals surface area contributed by atoms with Gasteiger partial charge in [0, 0.05) is 12.1 Å². The predicted molar refractivity (Wildman–Crippen MR) is 97.9 cm³/mol. The Balaban J connectivity index is 1.61. The molecule has 2 aromatic carbocycles. The van der Waals surface area contributed by atoms with Gasteiger partial charge in [-0.3, -0.25) is 4.90 Å². The van der Waals surface area contributed by atoms with Gasteiger partial charge in [-0.05, 0) is 49.9 Å². The van der Waals surface area contributed by atoms with Gasteiger partial charge in [0.15, 0.2) is 6.61 Å². The van der Waals surface area contributed by atoms with Crippen LogP contribution in [0.25, 0.3) is 0 Å². The molecule has 1 fully saturated rings. The highest BCUT2D eigenvalue weighted by Gasteiger charge is 2.19. The van der Waals surface area contributed by atoms with Crippen molar-refractivity contribution in [2.45, 2.75) is 31.7 Å². The lowest BCUT2D eigenvalue weighted by atomic mass is 9.92. The number of nitrogens with zero attached hydrogens (tertiary/aromatic N) is 1. The smallest absolute Gasteiger partial charge is 0.341 e. The topological polar surface area (TPSA) is 49.8 Å². The predicted octanol–water partition coefficient (Wildman–Crippen LogP) is 3.92. The largest absolute Gasteiger partial charge is 0.482 e. The number of hydrogen-bond donors (Lipinski definition) is 1. The molecule has 0 aromatic heterocycles. The van der Waals surface area contributed by atoms with Crippen LogP contribution in [0.2, 0.25) is 0 Å². The third-order valence-electron chi connectivity index (χ3n) is 4.81. The Morgan fingerprint density at radius 2 is 1.80 bits per heavy atom. The van der Waals surface area contributed by atoms with Crippen molar-refractivity contribution in [2.24, 2.45) is 0 Å². The summed E-state index contributed by atoms with van der Waals surface area (Å²) < 4.78 is 5.44. The average Bonchev–Trinajstić information content (AvgIpc) is 2.87.